The van der Waals surface area contributed by atoms with Gasteiger partial charge in [0.25, 0.3) is 0 Å². The Balaban J connectivity index is 2.60. The van der Waals surface area contributed by atoms with E-state index in [2.05, 4.69) is 31.1 Å². The van der Waals surface area contributed by atoms with E-state index >= 15 is 0 Å². The van der Waals surface area contributed by atoms with Crippen LogP contribution in [0, 0.1) is 16.7 Å². The molecule has 0 aromatic rings. The van der Waals surface area contributed by atoms with Crippen LogP contribution in [-0.2, 0) is 0 Å². The van der Waals surface area contributed by atoms with E-state index < -0.39 is 0 Å². The van der Waals surface area contributed by atoms with Gasteiger partial charge in [0, 0.05) is 11.3 Å². The first-order valence-corrected chi connectivity index (χ1v) is 4.94. The summed E-state index contributed by atoms with van der Waals surface area (Å²) in [4.78, 5) is 0. The summed E-state index contributed by atoms with van der Waals surface area (Å²) in [5.74, 6) is 0.225. The molecule has 2 aliphatic carbocycles. The third-order valence-corrected chi connectivity index (χ3v) is 4.53. The Morgan fingerprint density at radius 3 is 2.29 bits per heavy atom. The minimum atomic E-state index is -0.145. The van der Waals surface area contributed by atoms with Gasteiger partial charge >= 0.3 is 0 Å². The van der Waals surface area contributed by atoms with Crippen molar-refractivity contribution in [3.05, 3.63) is 0 Å². The molecular formula is C10H16N2O2. The summed E-state index contributed by atoms with van der Waals surface area (Å²) in [6, 6.07) is 0. The van der Waals surface area contributed by atoms with Crippen molar-refractivity contribution in [1.82, 2.24) is 0 Å². The van der Waals surface area contributed by atoms with Crippen molar-refractivity contribution in [3.8, 4) is 0 Å². The molecule has 0 radical (unpaired) electrons. The molecule has 0 saturated heterocycles. The molecule has 2 rings (SSSR count). The van der Waals surface area contributed by atoms with E-state index in [4.69, 9.17) is 10.4 Å². The third kappa shape index (κ3) is 0.751. The lowest BCUT2D eigenvalue weighted by Crippen LogP contribution is -2.33. The van der Waals surface area contributed by atoms with Crippen LogP contribution in [0.1, 0.15) is 33.6 Å². The zero-order valence-corrected chi connectivity index (χ0v) is 8.78. The van der Waals surface area contributed by atoms with Crippen LogP contribution in [-0.4, -0.2) is 21.8 Å². The Labute approximate surface area is 83.3 Å². The van der Waals surface area contributed by atoms with Crippen molar-refractivity contribution in [2.24, 2.45) is 27.1 Å². The molecule has 0 heterocycles. The summed E-state index contributed by atoms with van der Waals surface area (Å²) in [6.45, 7) is 6.38. The van der Waals surface area contributed by atoms with E-state index in [0.717, 1.165) is 12.8 Å². The number of nitrogens with zero attached hydrogens (tertiary/aromatic N) is 2. The van der Waals surface area contributed by atoms with Gasteiger partial charge in [-0.15, -0.1) is 0 Å². The topological polar surface area (TPSA) is 65.2 Å². The van der Waals surface area contributed by atoms with Crippen LogP contribution >= 0.6 is 0 Å². The highest BCUT2D eigenvalue weighted by molar-refractivity contribution is 6.47. The van der Waals surface area contributed by atoms with Crippen molar-refractivity contribution in [2.45, 2.75) is 33.6 Å². The summed E-state index contributed by atoms with van der Waals surface area (Å²) < 4.78 is 0. The summed E-state index contributed by atoms with van der Waals surface area (Å²) in [5.41, 5.74) is 1.02. The Kier molecular flexibility index (Phi) is 1.69. The average Bonchev–Trinajstić information content (AvgIpc) is 2.46. The van der Waals surface area contributed by atoms with E-state index in [-0.39, 0.29) is 16.7 Å². The first-order valence-electron chi connectivity index (χ1n) is 4.94. The van der Waals surface area contributed by atoms with Crippen molar-refractivity contribution in [1.29, 1.82) is 0 Å². The zero-order valence-electron chi connectivity index (χ0n) is 8.78. The fourth-order valence-electron chi connectivity index (χ4n) is 3.13. The van der Waals surface area contributed by atoms with Gasteiger partial charge in [-0.25, -0.2) is 0 Å². The molecule has 0 unspecified atom stereocenters. The molecule has 2 saturated carbocycles. The molecule has 0 spiro atoms. The third-order valence-electron chi connectivity index (χ3n) is 4.53. The molecule has 2 N–H and O–H groups in total. The number of rotatable bonds is 0. The molecular weight excluding hydrogens is 180 g/mol. The highest BCUT2D eigenvalue weighted by Crippen LogP contribution is 2.62. The number of hydrogen-bond acceptors (Lipinski definition) is 4. The van der Waals surface area contributed by atoms with Crippen molar-refractivity contribution in [3.63, 3.8) is 0 Å². The van der Waals surface area contributed by atoms with Crippen LogP contribution in [0.15, 0.2) is 10.3 Å². The standard InChI is InChI=1S/C10H16N2O2/c1-9(2)6-4-5-10(9,3)8(12-14)7(6)11-13/h6,13-14H,4-5H2,1-3H3/b11-7-,12-8+/t6-,10-/m0/s1. The number of oxime groups is 2. The second-order valence-electron chi connectivity index (χ2n) is 5.08. The monoisotopic (exact) mass is 196 g/mol. The quantitative estimate of drug-likeness (QED) is 0.460. The molecule has 0 amide bonds. The second-order valence-corrected chi connectivity index (χ2v) is 5.08. The number of fused-ring (bicyclic) bond motifs is 2. The van der Waals surface area contributed by atoms with Gasteiger partial charge in [0.1, 0.15) is 11.4 Å². The van der Waals surface area contributed by atoms with Crippen molar-refractivity contribution >= 4 is 11.4 Å². The molecule has 2 fully saturated rings. The molecule has 2 aliphatic rings. The molecule has 0 aromatic heterocycles. The fourth-order valence-corrected chi connectivity index (χ4v) is 3.13. The van der Waals surface area contributed by atoms with Crippen LogP contribution in [0.25, 0.3) is 0 Å². The SMILES string of the molecule is CC1(C)[C@H]2CC[C@@]1(C)C(=N/O)/C2=N\O. The van der Waals surface area contributed by atoms with Gasteiger partial charge < -0.3 is 10.4 Å². The van der Waals surface area contributed by atoms with Crippen LogP contribution < -0.4 is 0 Å². The van der Waals surface area contributed by atoms with E-state index in [9.17, 15) is 0 Å². The van der Waals surface area contributed by atoms with Gasteiger partial charge in [-0.1, -0.05) is 31.1 Å². The molecule has 2 atom stereocenters. The molecule has 2 bridgehead atoms. The first-order chi connectivity index (χ1) is 6.49. The molecule has 0 aliphatic heterocycles. The highest BCUT2D eigenvalue weighted by atomic mass is 16.4. The second kappa shape index (κ2) is 2.49. The Morgan fingerprint density at radius 1 is 1.21 bits per heavy atom. The predicted octanol–water partition coefficient (Wildman–Crippen LogP) is 2.10. The maximum atomic E-state index is 8.98. The van der Waals surface area contributed by atoms with E-state index in [1.807, 2.05) is 0 Å². The van der Waals surface area contributed by atoms with Gasteiger partial charge in [-0.2, -0.15) is 0 Å². The summed E-state index contributed by atoms with van der Waals surface area (Å²) in [6.07, 6.45) is 2.02. The molecule has 4 nitrogen and oxygen atoms in total. The fraction of sp³-hybridized carbons (Fsp3) is 0.800. The first kappa shape index (κ1) is 9.49. The zero-order chi connectivity index (χ0) is 10.6. The van der Waals surface area contributed by atoms with Crippen molar-refractivity contribution < 1.29 is 10.4 Å². The Hall–Kier alpha value is -1.06. The van der Waals surface area contributed by atoms with Crippen LogP contribution in [0.4, 0.5) is 0 Å². The normalized spacial score (nSPS) is 45.2. The lowest BCUT2D eigenvalue weighted by Gasteiger charge is -2.32. The highest BCUT2D eigenvalue weighted by Gasteiger charge is 2.64. The van der Waals surface area contributed by atoms with Gasteiger partial charge in [0.05, 0.1) is 0 Å². The largest absolute Gasteiger partial charge is 0.411 e. The minimum absolute atomic E-state index is 0.0239. The van der Waals surface area contributed by atoms with Gasteiger partial charge in [0.15, 0.2) is 0 Å². The minimum Gasteiger partial charge on any atom is -0.411 e. The van der Waals surface area contributed by atoms with E-state index in [1.54, 1.807) is 0 Å². The van der Waals surface area contributed by atoms with E-state index in [1.165, 1.54) is 0 Å². The average molecular weight is 196 g/mol. The van der Waals surface area contributed by atoms with Crippen LogP contribution in [0.2, 0.25) is 0 Å². The van der Waals surface area contributed by atoms with Crippen LogP contribution in [0.3, 0.4) is 0 Å². The Morgan fingerprint density at radius 2 is 1.86 bits per heavy atom. The summed E-state index contributed by atoms with van der Waals surface area (Å²) in [7, 11) is 0. The maximum Gasteiger partial charge on any atom is 0.111 e. The van der Waals surface area contributed by atoms with E-state index in [0.29, 0.717) is 11.4 Å². The van der Waals surface area contributed by atoms with Gasteiger partial charge in [-0.3, -0.25) is 0 Å². The van der Waals surface area contributed by atoms with Crippen molar-refractivity contribution in [2.75, 3.05) is 0 Å². The van der Waals surface area contributed by atoms with Gasteiger partial charge in [0.2, 0.25) is 0 Å². The lowest BCUT2D eigenvalue weighted by molar-refractivity contribution is 0.200. The predicted molar refractivity (Wildman–Crippen MR) is 53.1 cm³/mol. The molecule has 78 valence electrons. The lowest BCUT2D eigenvalue weighted by atomic mass is 9.70. The maximum absolute atomic E-state index is 8.98. The van der Waals surface area contributed by atoms with Gasteiger partial charge in [-0.05, 0) is 18.3 Å². The van der Waals surface area contributed by atoms with Crippen LogP contribution in [0.5, 0.6) is 0 Å². The smallest absolute Gasteiger partial charge is 0.111 e. The molecule has 0 aromatic carbocycles. The Bertz CT molecular complexity index is 333. The summed E-state index contributed by atoms with van der Waals surface area (Å²) >= 11 is 0. The molecule has 14 heavy (non-hydrogen) atoms. The summed E-state index contributed by atoms with van der Waals surface area (Å²) in [5, 5.41) is 24.5. The molecule has 4 heteroatoms. The number of hydrogen-bond donors (Lipinski definition) is 2.